The van der Waals surface area contributed by atoms with E-state index in [-0.39, 0.29) is 5.56 Å². The number of hydrogen-bond acceptors (Lipinski definition) is 3. The van der Waals surface area contributed by atoms with E-state index < -0.39 is 0 Å². The van der Waals surface area contributed by atoms with Gasteiger partial charge >= 0.3 is 0 Å². The van der Waals surface area contributed by atoms with E-state index >= 15 is 0 Å². The minimum Gasteiger partial charge on any atom is -0.267 e. The van der Waals surface area contributed by atoms with Crippen molar-refractivity contribution < 1.29 is 4.57 Å². The van der Waals surface area contributed by atoms with Gasteiger partial charge < -0.3 is 0 Å². The first kappa shape index (κ1) is 15.2. The summed E-state index contributed by atoms with van der Waals surface area (Å²) in [5.74, 6) is 0. The second-order valence-corrected chi connectivity index (χ2v) is 5.93. The van der Waals surface area contributed by atoms with Crippen LogP contribution in [0, 0.1) is 0 Å². The number of benzene rings is 2. The van der Waals surface area contributed by atoms with Crippen LogP contribution in [0.2, 0.25) is 0 Å². The molecule has 5 nitrogen and oxygen atoms in total. The topological polar surface area (TPSA) is 51.7 Å². The van der Waals surface area contributed by atoms with Crippen molar-refractivity contribution in [1.29, 1.82) is 0 Å². The molecule has 2 heterocycles. The lowest BCUT2D eigenvalue weighted by atomic mass is 10.2. The maximum atomic E-state index is 12.5. The van der Waals surface area contributed by atoms with Crippen LogP contribution in [0.1, 0.15) is 11.1 Å². The fourth-order valence-corrected chi connectivity index (χ4v) is 2.79. The molecule has 0 unspecified atom stereocenters. The largest absolute Gasteiger partial charge is 0.277 e. The Labute approximate surface area is 144 Å². The fourth-order valence-electron chi connectivity index (χ4n) is 2.79. The van der Waals surface area contributed by atoms with Crippen LogP contribution in [0.15, 0.2) is 83.9 Å². The van der Waals surface area contributed by atoms with Gasteiger partial charge in [0.05, 0.1) is 11.9 Å². The van der Waals surface area contributed by atoms with Crippen molar-refractivity contribution in [2.45, 2.75) is 13.1 Å². The average molecular weight is 329 g/mol. The van der Waals surface area contributed by atoms with E-state index in [0.29, 0.717) is 17.4 Å². The van der Waals surface area contributed by atoms with E-state index in [9.17, 15) is 4.79 Å². The number of aromatic nitrogens is 4. The van der Waals surface area contributed by atoms with E-state index in [1.165, 1.54) is 10.2 Å². The molecule has 0 aliphatic rings. The Bertz CT molecular complexity index is 1060. The fraction of sp³-hybridized carbons (Fsp3) is 0.100. The SMILES string of the molecule is O=c1c2ccccc2nnn1Cc1cc[n+](Cc2ccccc2)cc1. The second-order valence-electron chi connectivity index (χ2n) is 5.93. The maximum absolute atomic E-state index is 12.5. The van der Waals surface area contributed by atoms with Gasteiger partial charge in [-0.15, -0.1) is 5.10 Å². The molecule has 0 aliphatic carbocycles. The normalized spacial score (nSPS) is 10.9. The standard InChI is InChI=1S/C20H17N4O/c25-20-18-8-4-5-9-19(18)21-22-24(20)15-17-10-12-23(13-11-17)14-16-6-2-1-3-7-16/h1-13H,14-15H2/q+1. The third kappa shape index (κ3) is 3.30. The van der Waals surface area contributed by atoms with Crippen LogP contribution in [-0.4, -0.2) is 15.0 Å². The number of nitrogens with zero attached hydrogens (tertiary/aromatic N) is 4. The van der Waals surface area contributed by atoms with Gasteiger partial charge in [-0.05, 0) is 17.7 Å². The van der Waals surface area contributed by atoms with Gasteiger partial charge in [-0.1, -0.05) is 47.7 Å². The summed E-state index contributed by atoms with van der Waals surface area (Å²) < 4.78 is 3.51. The van der Waals surface area contributed by atoms with Crippen LogP contribution < -0.4 is 10.1 Å². The van der Waals surface area contributed by atoms with E-state index in [4.69, 9.17) is 0 Å². The third-order valence-corrected chi connectivity index (χ3v) is 4.13. The summed E-state index contributed by atoms with van der Waals surface area (Å²) in [4.78, 5) is 12.5. The van der Waals surface area contributed by atoms with Crippen molar-refractivity contribution >= 4 is 10.9 Å². The first-order valence-corrected chi connectivity index (χ1v) is 8.14. The zero-order valence-corrected chi connectivity index (χ0v) is 13.6. The molecule has 0 fully saturated rings. The van der Waals surface area contributed by atoms with Gasteiger partial charge in [0.15, 0.2) is 18.9 Å². The monoisotopic (exact) mass is 329 g/mol. The lowest BCUT2D eigenvalue weighted by Gasteiger charge is -2.05. The quantitative estimate of drug-likeness (QED) is 0.539. The molecule has 2 aromatic carbocycles. The Balaban J connectivity index is 1.55. The summed E-state index contributed by atoms with van der Waals surface area (Å²) in [7, 11) is 0. The van der Waals surface area contributed by atoms with Crippen molar-refractivity contribution in [3.63, 3.8) is 0 Å². The lowest BCUT2D eigenvalue weighted by Crippen LogP contribution is -2.33. The molecule has 0 saturated carbocycles. The highest BCUT2D eigenvalue weighted by molar-refractivity contribution is 5.76. The Morgan fingerprint density at radius 3 is 2.36 bits per heavy atom. The zero-order valence-electron chi connectivity index (χ0n) is 13.6. The van der Waals surface area contributed by atoms with Crippen LogP contribution in [0.5, 0.6) is 0 Å². The summed E-state index contributed by atoms with van der Waals surface area (Å²) >= 11 is 0. The van der Waals surface area contributed by atoms with Gasteiger partial charge in [0, 0.05) is 17.7 Å². The zero-order chi connectivity index (χ0) is 17.1. The molecule has 0 spiro atoms. The Kier molecular flexibility index (Phi) is 4.04. The van der Waals surface area contributed by atoms with Crippen molar-refractivity contribution in [1.82, 2.24) is 15.0 Å². The summed E-state index contributed by atoms with van der Waals surface area (Å²) in [5.41, 5.74) is 2.76. The first-order chi connectivity index (χ1) is 12.3. The molecule has 0 saturated heterocycles. The van der Waals surface area contributed by atoms with E-state index in [1.54, 1.807) is 12.1 Å². The molecule has 0 bridgehead atoms. The van der Waals surface area contributed by atoms with Crippen LogP contribution in [0.4, 0.5) is 0 Å². The minimum atomic E-state index is -0.119. The molecule has 0 amide bonds. The maximum Gasteiger partial charge on any atom is 0.277 e. The van der Waals surface area contributed by atoms with Crippen molar-refractivity contribution in [3.05, 3.63) is 101 Å². The predicted molar refractivity (Wildman–Crippen MR) is 95.1 cm³/mol. The van der Waals surface area contributed by atoms with Gasteiger partial charge in [0.25, 0.3) is 5.56 Å². The van der Waals surface area contributed by atoms with Gasteiger partial charge in [0.2, 0.25) is 0 Å². The van der Waals surface area contributed by atoms with E-state index in [1.807, 2.05) is 54.9 Å². The molecule has 2 aromatic heterocycles. The molecule has 4 aromatic rings. The molecular weight excluding hydrogens is 312 g/mol. The minimum absolute atomic E-state index is 0.119. The van der Waals surface area contributed by atoms with E-state index in [0.717, 1.165) is 12.1 Å². The summed E-state index contributed by atoms with van der Waals surface area (Å²) in [6.45, 7) is 1.22. The van der Waals surface area contributed by atoms with Crippen LogP contribution in [-0.2, 0) is 13.1 Å². The average Bonchev–Trinajstić information content (AvgIpc) is 2.67. The Morgan fingerprint density at radius 1 is 0.840 bits per heavy atom. The number of pyridine rings is 1. The van der Waals surface area contributed by atoms with Gasteiger partial charge in [-0.2, -0.15) is 0 Å². The molecule has 0 radical (unpaired) electrons. The lowest BCUT2D eigenvalue weighted by molar-refractivity contribution is -0.688. The number of rotatable bonds is 4. The smallest absolute Gasteiger partial charge is 0.267 e. The van der Waals surface area contributed by atoms with Crippen molar-refractivity contribution in [2.24, 2.45) is 0 Å². The van der Waals surface area contributed by atoms with Gasteiger partial charge in [-0.25, -0.2) is 9.25 Å². The Morgan fingerprint density at radius 2 is 1.56 bits per heavy atom. The highest BCUT2D eigenvalue weighted by Gasteiger charge is 2.07. The van der Waals surface area contributed by atoms with Crippen molar-refractivity contribution in [2.75, 3.05) is 0 Å². The van der Waals surface area contributed by atoms with E-state index in [2.05, 4.69) is 27.0 Å². The summed E-state index contributed by atoms with van der Waals surface area (Å²) in [6.07, 6.45) is 4.03. The molecule has 122 valence electrons. The number of hydrogen-bond donors (Lipinski definition) is 0. The highest BCUT2D eigenvalue weighted by atomic mass is 16.1. The summed E-state index contributed by atoms with van der Waals surface area (Å²) in [6, 6.07) is 21.6. The molecule has 25 heavy (non-hydrogen) atoms. The highest BCUT2D eigenvalue weighted by Crippen LogP contribution is 2.05. The van der Waals surface area contributed by atoms with Crippen LogP contribution >= 0.6 is 0 Å². The summed E-state index contributed by atoms with van der Waals surface area (Å²) in [5, 5.41) is 8.75. The molecule has 5 heteroatoms. The first-order valence-electron chi connectivity index (χ1n) is 8.14. The Hall–Kier alpha value is -3.34. The van der Waals surface area contributed by atoms with Gasteiger partial charge in [0.1, 0.15) is 5.52 Å². The molecule has 0 N–H and O–H groups in total. The van der Waals surface area contributed by atoms with Crippen LogP contribution in [0.25, 0.3) is 10.9 Å². The molecule has 0 aliphatic heterocycles. The number of fused-ring (bicyclic) bond motifs is 1. The molecule has 0 atom stereocenters. The predicted octanol–water partition coefficient (Wildman–Crippen LogP) is 2.18. The van der Waals surface area contributed by atoms with Gasteiger partial charge in [-0.3, -0.25) is 4.79 Å². The van der Waals surface area contributed by atoms with Crippen LogP contribution in [0.3, 0.4) is 0 Å². The second kappa shape index (κ2) is 6.65. The molecule has 4 rings (SSSR count). The molecular formula is C20H17N4O+. The third-order valence-electron chi connectivity index (χ3n) is 4.13. The van der Waals surface area contributed by atoms with Crippen molar-refractivity contribution in [3.8, 4) is 0 Å².